The highest BCUT2D eigenvalue weighted by molar-refractivity contribution is 6.31. The monoisotopic (exact) mass is 596 g/mol. The Labute approximate surface area is 248 Å². The van der Waals surface area contributed by atoms with Gasteiger partial charge in [-0.2, -0.15) is 10.4 Å². The van der Waals surface area contributed by atoms with Gasteiger partial charge in [0.05, 0.1) is 33.9 Å². The summed E-state index contributed by atoms with van der Waals surface area (Å²) in [5.74, 6) is -1.11. The average molecular weight is 597 g/mol. The number of rotatable bonds is 7. The number of amides is 2. The molecule has 0 radical (unpaired) electrons. The molecule has 1 aliphatic heterocycles. The van der Waals surface area contributed by atoms with Crippen LogP contribution >= 0.6 is 11.6 Å². The highest BCUT2D eigenvalue weighted by atomic mass is 35.5. The number of aromatic nitrogens is 3. The van der Waals surface area contributed by atoms with Crippen molar-refractivity contribution in [2.45, 2.75) is 78.9 Å². The molecule has 2 aromatic heterocycles. The number of aromatic amines is 1. The van der Waals surface area contributed by atoms with Gasteiger partial charge in [0, 0.05) is 17.5 Å². The summed E-state index contributed by atoms with van der Waals surface area (Å²) < 4.78 is 19.8. The third-order valence-corrected chi connectivity index (χ3v) is 8.32. The number of likely N-dealkylation sites (tertiary alicyclic amines) is 1. The molecule has 1 unspecified atom stereocenters. The quantitative estimate of drug-likeness (QED) is 0.459. The number of carbonyl (C=O) groups is 2. The Kier molecular flexibility index (Phi) is 8.60. The van der Waals surface area contributed by atoms with E-state index in [0.29, 0.717) is 30.7 Å². The number of hydrogen-bond acceptors (Lipinski definition) is 7. The number of halogens is 2. The van der Waals surface area contributed by atoms with E-state index in [0.717, 1.165) is 0 Å². The minimum absolute atomic E-state index is 0.00182. The number of allylic oxidation sites excluding steroid dienone is 3. The van der Waals surface area contributed by atoms with E-state index >= 15 is 0 Å². The van der Waals surface area contributed by atoms with Crippen molar-refractivity contribution in [3.63, 3.8) is 0 Å². The number of aryl methyl sites for hydroxylation is 2. The second kappa shape index (κ2) is 11.7. The Morgan fingerprint density at radius 2 is 2.02 bits per heavy atom. The molecular formula is C30H34ClFN6O4. The van der Waals surface area contributed by atoms with Crippen LogP contribution in [-0.2, 0) is 4.79 Å². The van der Waals surface area contributed by atoms with E-state index in [2.05, 4.69) is 26.6 Å². The minimum atomic E-state index is -0.953. The van der Waals surface area contributed by atoms with Crippen molar-refractivity contribution in [3.8, 4) is 17.6 Å². The van der Waals surface area contributed by atoms with Crippen LogP contribution in [0, 0.1) is 36.0 Å². The Bertz CT molecular complexity index is 1580. The number of carbonyl (C=O) groups excluding carboxylic acids is 2. The van der Waals surface area contributed by atoms with Crippen molar-refractivity contribution in [1.29, 1.82) is 5.26 Å². The van der Waals surface area contributed by atoms with E-state index in [1.807, 2.05) is 6.92 Å². The lowest BCUT2D eigenvalue weighted by molar-refractivity contribution is -0.139. The van der Waals surface area contributed by atoms with Crippen LogP contribution in [-0.4, -0.2) is 50.0 Å². The van der Waals surface area contributed by atoms with Crippen molar-refractivity contribution in [2.75, 3.05) is 0 Å². The summed E-state index contributed by atoms with van der Waals surface area (Å²) in [7, 11) is 0. The molecule has 1 aliphatic carbocycles. The maximum absolute atomic E-state index is 14.1. The van der Waals surface area contributed by atoms with Gasteiger partial charge in [-0.05, 0) is 72.1 Å². The summed E-state index contributed by atoms with van der Waals surface area (Å²) in [6, 6.07) is 5.03. The molecule has 42 heavy (non-hydrogen) atoms. The SMILES string of the molecule is Cc1cc(Oc2ccc(C(=O)N[C@H](C)C(=O)N3[C@H](C4(C)C=C(Cl)C(F)=CC4)CC[C@@H]3C(C)(C)C#N)nc2C)c(=O)[nH]n1. The van der Waals surface area contributed by atoms with Crippen LogP contribution in [0.2, 0.25) is 0 Å². The van der Waals surface area contributed by atoms with Crippen molar-refractivity contribution in [1.82, 2.24) is 25.4 Å². The minimum Gasteiger partial charge on any atom is -0.450 e. The molecule has 3 heterocycles. The van der Waals surface area contributed by atoms with Crippen LogP contribution in [0.4, 0.5) is 4.39 Å². The molecule has 2 N–H and O–H groups in total. The molecule has 222 valence electrons. The zero-order valence-electron chi connectivity index (χ0n) is 24.4. The first kappa shape index (κ1) is 30.9. The molecule has 0 spiro atoms. The van der Waals surface area contributed by atoms with Crippen molar-refractivity contribution >= 4 is 23.4 Å². The van der Waals surface area contributed by atoms with E-state index in [4.69, 9.17) is 16.3 Å². The largest absolute Gasteiger partial charge is 0.450 e. The number of hydrogen-bond donors (Lipinski definition) is 2. The van der Waals surface area contributed by atoms with Gasteiger partial charge in [-0.15, -0.1) is 0 Å². The van der Waals surface area contributed by atoms with E-state index in [1.165, 1.54) is 24.3 Å². The highest BCUT2D eigenvalue weighted by Gasteiger charge is 2.51. The predicted molar refractivity (Wildman–Crippen MR) is 154 cm³/mol. The summed E-state index contributed by atoms with van der Waals surface area (Å²) in [4.78, 5) is 45.2. The second-order valence-corrected chi connectivity index (χ2v) is 12.1. The van der Waals surface area contributed by atoms with Crippen LogP contribution in [0.5, 0.6) is 11.5 Å². The van der Waals surface area contributed by atoms with Crippen LogP contribution in [0.1, 0.15) is 68.8 Å². The summed E-state index contributed by atoms with van der Waals surface area (Å²) >= 11 is 6.16. The van der Waals surface area contributed by atoms with Crippen molar-refractivity contribution < 1.29 is 18.7 Å². The molecule has 1 saturated heterocycles. The predicted octanol–water partition coefficient (Wildman–Crippen LogP) is 4.99. The molecule has 2 amide bonds. The highest BCUT2D eigenvalue weighted by Crippen LogP contribution is 2.48. The van der Waals surface area contributed by atoms with Crippen molar-refractivity contribution in [2.24, 2.45) is 10.8 Å². The first-order valence-corrected chi connectivity index (χ1v) is 14.0. The van der Waals surface area contributed by atoms with Crippen LogP contribution in [0.3, 0.4) is 0 Å². The maximum Gasteiger partial charge on any atom is 0.307 e. The summed E-state index contributed by atoms with van der Waals surface area (Å²) in [5.41, 5.74) is -1.05. The number of pyridine rings is 1. The second-order valence-electron chi connectivity index (χ2n) is 11.7. The zero-order chi connectivity index (χ0) is 31.0. The number of ether oxygens (including phenoxy) is 1. The van der Waals surface area contributed by atoms with E-state index in [-0.39, 0.29) is 34.2 Å². The van der Waals surface area contributed by atoms with E-state index in [9.17, 15) is 24.0 Å². The Hall–Kier alpha value is -4.04. The van der Waals surface area contributed by atoms with Gasteiger partial charge >= 0.3 is 5.56 Å². The fourth-order valence-electron chi connectivity index (χ4n) is 5.62. The van der Waals surface area contributed by atoms with Gasteiger partial charge in [0.1, 0.15) is 23.3 Å². The number of nitrogens with zero attached hydrogens (tertiary/aromatic N) is 4. The van der Waals surface area contributed by atoms with Gasteiger partial charge in [-0.1, -0.05) is 24.6 Å². The lowest BCUT2D eigenvalue weighted by Gasteiger charge is -2.44. The number of nitrogens with one attached hydrogen (secondary N) is 2. The van der Waals surface area contributed by atoms with Crippen LogP contribution in [0.25, 0.3) is 0 Å². The molecular weight excluding hydrogens is 563 g/mol. The molecule has 10 nitrogen and oxygen atoms in total. The Morgan fingerprint density at radius 1 is 1.31 bits per heavy atom. The molecule has 2 aromatic rings. The lowest BCUT2D eigenvalue weighted by Crippen LogP contribution is -2.57. The molecule has 0 aromatic carbocycles. The fraction of sp³-hybridized carbons (Fsp3) is 0.467. The Balaban J connectivity index is 1.55. The summed E-state index contributed by atoms with van der Waals surface area (Å²) in [6.07, 6.45) is 4.58. The molecule has 12 heteroatoms. The standard InChI is InChI=1S/C30H34ClFN6O4/c1-16-13-23(27(40)37-36-16)42-22-8-7-21(34-17(22)2)26(39)35-18(3)28(41)38-24(29(4,5)15-33)9-10-25(38)30(6)12-11-20(32)19(31)14-30/h7-8,11,13-14,18,24-25H,9-10,12H2,1-6H3,(H,35,39)(H,37,40)/t18-,24-,25+,30?/m1/s1. The average Bonchev–Trinajstić information content (AvgIpc) is 3.41. The van der Waals surface area contributed by atoms with E-state index < -0.39 is 40.2 Å². The number of H-pyrrole nitrogens is 1. The van der Waals surface area contributed by atoms with Crippen LogP contribution in [0.15, 0.2) is 46.0 Å². The van der Waals surface area contributed by atoms with Gasteiger partial charge in [-0.25, -0.2) is 14.5 Å². The summed E-state index contributed by atoms with van der Waals surface area (Å²) in [6.45, 7) is 10.4. The van der Waals surface area contributed by atoms with Gasteiger partial charge in [0.25, 0.3) is 5.91 Å². The molecule has 4 rings (SSSR count). The smallest absolute Gasteiger partial charge is 0.307 e. The topological polar surface area (TPSA) is 141 Å². The maximum atomic E-state index is 14.1. The zero-order valence-corrected chi connectivity index (χ0v) is 25.2. The molecule has 1 fully saturated rings. The third kappa shape index (κ3) is 6.09. The van der Waals surface area contributed by atoms with Crippen molar-refractivity contribution in [3.05, 3.63) is 68.6 Å². The molecule has 4 atom stereocenters. The fourth-order valence-corrected chi connectivity index (χ4v) is 5.95. The van der Waals surface area contributed by atoms with Gasteiger partial charge < -0.3 is 15.0 Å². The summed E-state index contributed by atoms with van der Waals surface area (Å²) in [5, 5.41) is 18.8. The number of nitriles is 1. The molecule has 0 saturated carbocycles. The lowest BCUT2D eigenvalue weighted by atomic mass is 9.75. The van der Waals surface area contributed by atoms with E-state index in [1.54, 1.807) is 45.6 Å². The third-order valence-electron chi connectivity index (χ3n) is 8.03. The first-order valence-electron chi connectivity index (χ1n) is 13.7. The molecule has 0 bridgehead atoms. The normalized spacial score (nSPS) is 23.0. The van der Waals surface area contributed by atoms with Crippen LogP contribution < -0.4 is 15.6 Å². The van der Waals surface area contributed by atoms with Gasteiger partial charge in [0.2, 0.25) is 5.91 Å². The first-order chi connectivity index (χ1) is 19.7. The Morgan fingerprint density at radius 3 is 2.67 bits per heavy atom. The van der Waals surface area contributed by atoms with Gasteiger partial charge in [-0.3, -0.25) is 14.4 Å². The van der Waals surface area contributed by atoms with Gasteiger partial charge in [0.15, 0.2) is 5.75 Å². The molecule has 2 aliphatic rings.